The van der Waals surface area contributed by atoms with E-state index in [1.165, 1.54) is 18.2 Å². The van der Waals surface area contributed by atoms with Gasteiger partial charge >= 0.3 is 0 Å². The molecule has 0 unspecified atom stereocenters. The fourth-order valence-electron chi connectivity index (χ4n) is 2.27. The van der Waals surface area contributed by atoms with Crippen LogP contribution in [0, 0.1) is 0 Å². The number of aromatic nitrogens is 2. The van der Waals surface area contributed by atoms with Crippen molar-refractivity contribution in [2.24, 2.45) is 0 Å². The van der Waals surface area contributed by atoms with Gasteiger partial charge in [0.1, 0.15) is 5.75 Å². The van der Waals surface area contributed by atoms with Crippen LogP contribution < -0.4 is 9.46 Å². The van der Waals surface area contributed by atoms with Gasteiger partial charge in [0, 0.05) is 11.1 Å². The summed E-state index contributed by atoms with van der Waals surface area (Å²) in [5.74, 6) is 0.595. The molecule has 0 aliphatic carbocycles. The minimum absolute atomic E-state index is 0.0157. The second-order valence-electron chi connectivity index (χ2n) is 5.30. The third kappa shape index (κ3) is 4.12. The summed E-state index contributed by atoms with van der Waals surface area (Å²) in [6.07, 6.45) is 0. The molecule has 0 aliphatic heterocycles. The molecule has 0 bridgehead atoms. The van der Waals surface area contributed by atoms with E-state index in [-0.39, 0.29) is 15.7 Å². The molecule has 9 heteroatoms. The van der Waals surface area contributed by atoms with Crippen LogP contribution in [0.4, 0.5) is 5.82 Å². The molecule has 0 spiro atoms. The molecule has 136 valence electrons. The highest BCUT2D eigenvalue weighted by atomic mass is 35.5. The van der Waals surface area contributed by atoms with Crippen molar-refractivity contribution in [1.29, 1.82) is 0 Å². The van der Waals surface area contributed by atoms with E-state index in [1.54, 1.807) is 30.3 Å². The van der Waals surface area contributed by atoms with Crippen LogP contribution in [0.5, 0.6) is 5.75 Å². The number of aromatic amines is 1. The molecular formula is C17H15Cl2N3O3S. The van der Waals surface area contributed by atoms with Gasteiger partial charge in [0.05, 0.1) is 22.2 Å². The number of nitrogens with one attached hydrogen (secondary N) is 2. The fraction of sp³-hybridized carbons (Fsp3) is 0.118. The predicted molar refractivity (Wildman–Crippen MR) is 102 cm³/mol. The molecule has 1 aromatic heterocycles. The summed E-state index contributed by atoms with van der Waals surface area (Å²) < 4.78 is 32.8. The van der Waals surface area contributed by atoms with Crippen LogP contribution in [0.15, 0.2) is 53.4 Å². The third-order valence-electron chi connectivity index (χ3n) is 3.49. The Morgan fingerprint density at radius 1 is 1.12 bits per heavy atom. The standard InChI is InChI=1S/C17H15Cl2N3O3S/c1-2-25-16-8-7-13(9-14(16)19)26(23,24)22-17-10-15(20-21-17)11-3-5-12(18)6-4-11/h3-10H,2H2,1H3,(H2,20,21,22). The molecule has 3 rings (SSSR count). The third-order valence-corrected chi connectivity index (χ3v) is 5.39. The normalized spacial score (nSPS) is 11.3. The number of benzene rings is 2. The van der Waals surface area contributed by atoms with E-state index in [1.807, 2.05) is 6.92 Å². The summed E-state index contributed by atoms with van der Waals surface area (Å²) in [7, 11) is -3.84. The van der Waals surface area contributed by atoms with Gasteiger partial charge in [-0.25, -0.2) is 8.42 Å². The molecule has 6 nitrogen and oxygen atoms in total. The summed E-state index contributed by atoms with van der Waals surface area (Å²) in [4.78, 5) is 0.0157. The van der Waals surface area contributed by atoms with E-state index in [2.05, 4.69) is 14.9 Å². The van der Waals surface area contributed by atoms with Crippen LogP contribution in [0.25, 0.3) is 11.3 Å². The molecule has 0 saturated carbocycles. The largest absolute Gasteiger partial charge is 0.492 e. The van der Waals surface area contributed by atoms with Gasteiger partial charge < -0.3 is 4.74 Å². The lowest BCUT2D eigenvalue weighted by Gasteiger charge is -2.09. The summed E-state index contributed by atoms with van der Waals surface area (Å²) in [6, 6.07) is 13.0. The maximum Gasteiger partial charge on any atom is 0.263 e. The lowest BCUT2D eigenvalue weighted by Crippen LogP contribution is -2.13. The van der Waals surface area contributed by atoms with Gasteiger partial charge in [-0.2, -0.15) is 5.10 Å². The molecule has 2 aromatic carbocycles. The van der Waals surface area contributed by atoms with E-state index in [4.69, 9.17) is 27.9 Å². The van der Waals surface area contributed by atoms with Crippen molar-refractivity contribution in [2.75, 3.05) is 11.3 Å². The monoisotopic (exact) mass is 411 g/mol. The average molecular weight is 412 g/mol. The first-order chi connectivity index (χ1) is 12.4. The zero-order valence-corrected chi connectivity index (χ0v) is 16.0. The first-order valence-corrected chi connectivity index (χ1v) is 9.89. The highest BCUT2D eigenvalue weighted by Crippen LogP contribution is 2.28. The van der Waals surface area contributed by atoms with Gasteiger partial charge in [-0.3, -0.25) is 9.82 Å². The molecule has 0 fully saturated rings. The minimum atomic E-state index is -3.84. The SMILES string of the molecule is CCOc1ccc(S(=O)(=O)Nc2cc(-c3ccc(Cl)cc3)[nH]n2)cc1Cl. The van der Waals surface area contributed by atoms with Gasteiger partial charge in [-0.05, 0) is 42.8 Å². The Morgan fingerprint density at radius 3 is 2.50 bits per heavy atom. The first-order valence-electron chi connectivity index (χ1n) is 7.65. The van der Waals surface area contributed by atoms with Crippen LogP contribution in [-0.4, -0.2) is 25.2 Å². The quantitative estimate of drug-likeness (QED) is 0.621. The highest BCUT2D eigenvalue weighted by Gasteiger charge is 2.18. The molecule has 3 aromatic rings. The van der Waals surface area contributed by atoms with Gasteiger partial charge in [0.15, 0.2) is 5.82 Å². The Bertz CT molecular complexity index is 1020. The van der Waals surface area contributed by atoms with E-state index in [0.717, 1.165) is 5.56 Å². The second kappa shape index (κ2) is 7.57. The Balaban J connectivity index is 1.82. The van der Waals surface area contributed by atoms with Gasteiger partial charge in [0.2, 0.25) is 0 Å². The van der Waals surface area contributed by atoms with Crippen molar-refractivity contribution in [2.45, 2.75) is 11.8 Å². The van der Waals surface area contributed by atoms with Crippen LogP contribution in [0.2, 0.25) is 10.0 Å². The zero-order chi connectivity index (χ0) is 18.7. The van der Waals surface area contributed by atoms with Crippen molar-refractivity contribution < 1.29 is 13.2 Å². The van der Waals surface area contributed by atoms with Crippen LogP contribution >= 0.6 is 23.2 Å². The maximum absolute atomic E-state index is 12.5. The maximum atomic E-state index is 12.5. The number of rotatable bonds is 6. The number of ether oxygens (including phenoxy) is 1. The number of H-pyrrole nitrogens is 1. The molecular weight excluding hydrogens is 397 g/mol. The molecule has 0 saturated heterocycles. The number of nitrogens with zero attached hydrogens (tertiary/aromatic N) is 1. The lowest BCUT2D eigenvalue weighted by atomic mass is 10.1. The van der Waals surface area contributed by atoms with Gasteiger partial charge in [0.25, 0.3) is 10.0 Å². The Labute approximate surface area is 161 Å². The molecule has 26 heavy (non-hydrogen) atoms. The van der Waals surface area contributed by atoms with E-state index in [0.29, 0.717) is 23.1 Å². The summed E-state index contributed by atoms with van der Waals surface area (Å²) in [5.41, 5.74) is 1.49. The van der Waals surface area contributed by atoms with Crippen molar-refractivity contribution in [3.8, 4) is 17.0 Å². The first kappa shape index (κ1) is 18.6. The Hall–Kier alpha value is -2.22. The topological polar surface area (TPSA) is 84.1 Å². The van der Waals surface area contributed by atoms with E-state index in [9.17, 15) is 8.42 Å². The number of hydrogen-bond donors (Lipinski definition) is 2. The molecule has 0 aliphatic rings. The van der Waals surface area contributed by atoms with Crippen LogP contribution in [0.3, 0.4) is 0 Å². The summed E-state index contributed by atoms with van der Waals surface area (Å²) >= 11 is 11.9. The minimum Gasteiger partial charge on any atom is -0.492 e. The summed E-state index contributed by atoms with van der Waals surface area (Å²) in [6.45, 7) is 2.25. The molecule has 0 radical (unpaired) electrons. The zero-order valence-electron chi connectivity index (χ0n) is 13.7. The number of halogens is 2. The fourth-order valence-corrected chi connectivity index (χ4v) is 3.71. The summed E-state index contributed by atoms with van der Waals surface area (Å²) in [5, 5.41) is 7.61. The van der Waals surface area contributed by atoms with Crippen LogP contribution in [-0.2, 0) is 10.0 Å². The molecule has 0 amide bonds. The van der Waals surface area contributed by atoms with Crippen LogP contribution in [0.1, 0.15) is 6.92 Å². The number of anilines is 1. The van der Waals surface area contributed by atoms with Crippen molar-refractivity contribution in [3.63, 3.8) is 0 Å². The van der Waals surface area contributed by atoms with E-state index < -0.39 is 10.0 Å². The second-order valence-corrected chi connectivity index (χ2v) is 7.83. The van der Waals surface area contributed by atoms with Crippen molar-refractivity contribution >= 4 is 39.0 Å². The smallest absolute Gasteiger partial charge is 0.263 e. The predicted octanol–water partition coefficient (Wildman–Crippen LogP) is 4.58. The Kier molecular flexibility index (Phi) is 5.41. The average Bonchev–Trinajstić information content (AvgIpc) is 3.05. The number of hydrogen-bond acceptors (Lipinski definition) is 4. The Morgan fingerprint density at radius 2 is 1.85 bits per heavy atom. The van der Waals surface area contributed by atoms with E-state index >= 15 is 0 Å². The van der Waals surface area contributed by atoms with Gasteiger partial charge in [-0.15, -0.1) is 0 Å². The lowest BCUT2D eigenvalue weighted by molar-refractivity contribution is 0.340. The van der Waals surface area contributed by atoms with Gasteiger partial charge in [-0.1, -0.05) is 35.3 Å². The highest BCUT2D eigenvalue weighted by molar-refractivity contribution is 7.92. The van der Waals surface area contributed by atoms with Crippen molar-refractivity contribution in [3.05, 3.63) is 58.6 Å². The molecule has 1 heterocycles. The molecule has 2 N–H and O–H groups in total. The number of sulfonamides is 1. The van der Waals surface area contributed by atoms with Crippen molar-refractivity contribution in [1.82, 2.24) is 10.2 Å². The molecule has 0 atom stereocenters.